The van der Waals surface area contributed by atoms with Crippen molar-refractivity contribution in [1.82, 2.24) is 0 Å². The molecule has 0 unspecified atom stereocenters. The Bertz CT molecular complexity index is 155. The van der Waals surface area contributed by atoms with E-state index in [9.17, 15) is 4.79 Å². The quantitative estimate of drug-likeness (QED) is 0.395. The highest BCUT2D eigenvalue weighted by Crippen LogP contribution is 2.00. The predicted molar refractivity (Wildman–Crippen MR) is 50.9 cm³/mol. The summed E-state index contributed by atoms with van der Waals surface area (Å²) in [4.78, 5) is 11.1. The number of quaternary nitrogens is 1. The van der Waals surface area contributed by atoms with Gasteiger partial charge in [0.25, 0.3) is 0 Å². The predicted octanol–water partition coefficient (Wildman–Crippen LogP) is -1.48. The van der Waals surface area contributed by atoms with Crippen molar-refractivity contribution in [2.45, 2.75) is 0 Å². The maximum atomic E-state index is 11.1. The Hall–Kier alpha value is -0.650. The third-order valence-corrected chi connectivity index (χ3v) is 2.08. The van der Waals surface area contributed by atoms with Gasteiger partial charge in [0.1, 0.15) is 0 Å². The van der Waals surface area contributed by atoms with Gasteiger partial charge in [0.15, 0.2) is 6.54 Å². The first kappa shape index (κ1) is 12.3. The number of hydrogen-bond acceptors (Lipinski definition) is 4. The van der Waals surface area contributed by atoms with Crippen LogP contribution in [0.1, 0.15) is 0 Å². The lowest BCUT2D eigenvalue weighted by atomic mass is 10.3. The molecule has 78 valence electrons. The first-order valence-electron chi connectivity index (χ1n) is 4.38. The van der Waals surface area contributed by atoms with E-state index >= 15 is 0 Å². The molecule has 0 aromatic heterocycles. The van der Waals surface area contributed by atoms with E-state index in [1.54, 1.807) is 0 Å². The zero-order valence-corrected chi connectivity index (χ0v) is 8.45. The largest absolute Gasteiger partial charge is 0.465 e. The number of hydrogen-bond donors (Lipinski definition) is 2. The van der Waals surface area contributed by atoms with E-state index in [0.717, 1.165) is 13.1 Å². The Balaban J connectivity index is 4.13. The Kier molecular flexibility index (Phi) is 5.61. The Morgan fingerprint density at radius 3 is 2.08 bits per heavy atom. The minimum Gasteiger partial charge on any atom is -0.465 e. The number of likely N-dealkylation sites (N-methyl/N-ethyl adjacent to an activating group) is 1. The molecule has 0 saturated heterocycles. The van der Waals surface area contributed by atoms with E-state index in [0.29, 0.717) is 24.1 Å². The van der Waals surface area contributed by atoms with Gasteiger partial charge in [-0.1, -0.05) is 0 Å². The van der Waals surface area contributed by atoms with Crippen molar-refractivity contribution >= 4 is 5.97 Å². The van der Waals surface area contributed by atoms with Crippen LogP contribution in [0.5, 0.6) is 0 Å². The minimum absolute atomic E-state index is 0.218. The third-order valence-electron chi connectivity index (χ3n) is 2.08. The number of carbonyl (C=O) groups excluding carboxylic acids is 1. The Morgan fingerprint density at radius 2 is 1.77 bits per heavy atom. The van der Waals surface area contributed by atoms with Crippen molar-refractivity contribution in [2.75, 3.05) is 46.9 Å². The van der Waals surface area contributed by atoms with E-state index in [2.05, 4.69) is 4.74 Å². The molecule has 0 spiro atoms. The summed E-state index contributed by atoms with van der Waals surface area (Å²) in [5.74, 6) is -0.218. The Morgan fingerprint density at radius 1 is 1.31 bits per heavy atom. The highest BCUT2D eigenvalue weighted by atomic mass is 16.5. The molecule has 0 aliphatic heterocycles. The van der Waals surface area contributed by atoms with Crippen LogP contribution in [0.2, 0.25) is 0 Å². The molecule has 13 heavy (non-hydrogen) atoms. The molecule has 0 aliphatic rings. The lowest BCUT2D eigenvalue weighted by Gasteiger charge is -2.32. The van der Waals surface area contributed by atoms with E-state index in [-0.39, 0.29) is 5.97 Å². The van der Waals surface area contributed by atoms with Crippen LogP contribution < -0.4 is 11.5 Å². The number of rotatable bonds is 6. The number of nitrogens with zero attached hydrogens (tertiary/aromatic N) is 1. The molecule has 0 aromatic carbocycles. The average molecular weight is 190 g/mol. The van der Waals surface area contributed by atoms with Crippen molar-refractivity contribution in [3.05, 3.63) is 0 Å². The van der Waals surface area contributed by atoms with E-state index in [1.807, 2.05) is 7.05 Å². The van der Waals surface area contributed by atoms with Gasteiger partial charge in [0.05, 0.1) is 27.2 Å². The van der Waals surface area contributed by atoms with Gasteiger partial charge in [-0.3, -0.25) is 0 Å². The number of ether oxygens (including phenoxy) is 1. The van der Waals surface area contributed by atoms with Crippen LogP contribution in [0.3, 0.4) is 0 Å². The third kappa shape index (κ3) is 4.82. The van der Waals surface area contributed by atoms with Crippen LogP contribution in [0.4, 0.5) is 0 Å². The van der Waals surface area contributed by atoms with Gasteiger partial charge >= 0.3 is 5.97 Å². The summed E-state index contributed by atoms with van der Waals surface area (Å²) in [6, 6.07) is 0. The molecular formula is C8H20N3O2+. The standard InChI is InChI=1S/C8H20N3O2/c1-11(5-3-9,6-4-10)7-8(12)13-2/h3-7,9-10H2,1-2H3/q+1. The van der Waals surface area contributed by atoms with Crippen LogP contribution in [-0.2, 0) is 9.53 Å². The lowest BCUT2D eigenvalue weighted by Crippen LogP contribution is -2.53. The zero-order chi connectivity index (χ0) is 10.3. The molecule has 4 N–H and O–H groups in total. The fourth-order valence-corrected chi connectivity index (χ4v) is 1.27. The van der Waals surface area contributed by atoms with Crippen LogP contribution in [0.25, 0.3) is 0 Å². The second-order valence-corrected chi connectivity index (χ2v) is 3.38. The second-order valence-electron chi connectivity index (χ2n) is 3.38. The van der Waals surface area contributed by atoms with Gasteiger partial charge in [0.2, 0.25) is 0 Å². The minimum atomic E-state index is -0.218. The number of esters is 1. The monoisotopic (exact) mass is 190 g/mol. The SMILES string of the molecule is COC(=O)C[N+](C)(CCN)CCN. The lowest BCUT2D eigenvalue weighted by molar-refractivity contribution is -0.899. The summed E-state index contributed by atoms with van der Waals surface area (Å²) in [5.41, 5.74) is 10.9. The normalized spacial score (nSPS) is 11.4. The van der Waals surface area contributed by atoms with Crippen molar-refractivity contribution in [1.29, 1.82) is 0 Å². The highest BCUT2D eigenvalue weighted by molar-refractivity contribution is 5.70. The first-order valence-corrected chi connectivity index (χ1v) is 4.38. The molecule has 0 amide bonds. The molecule has 0 atom stereocenters. The number of carbonyl (C=O) groups is 1. The van der Waals surface area contributed by atoms with Gasteiger partial charge < -0.3 is 20.7 Å². The summed E-state index contributed by atoms with van der Waals surface area (Å²) in [7, 11) is 3.34. The fraction of sp³-hybridized carbons (Fsp3) is 0.875. The highest BCUT2D eigenvalue weighted by Gasteiger charge is 2.23. The average Bonchev–Trinajstić information content (AvgIpc) is 2.04. The molecule has 0 saturated carbocycles. The van der Waals surface area contributed by atoms with Crippen LogP contribution in [0, 0.1) is 0 Å². The second kappa shape index (κ2) is 5.90. The molecule has 0 bridgehead atoms. The maximum Gasteiger partial charge on any atom is 0.361 e. The van der Waals surface area contributed by atoms with Crippen LogP contribution in [0.15, 0.2) is 0 Å². The summed E-state index contributed by atoms with van der Waals surface area (Å²) in [5, 5.41) is 0. The topological polar surface area (TPSA) is 78.3 Å². The van der Waals surface area contributed by atoms with Gasteiger partial charge in [-0.15, -0.1) is 0 Å². The van der Waals surface area contributed by atoms with Crippen LogP contribution >= 0.6 is 0 Å². The smallest absolute Gasteiger partial charge is 0.361 e. The summed E-state index contributed by atoms with van der Waals surface area (Å²) in [6.07, 6.45) is 0. The Labute approximate surface area is 79.2 Å². The molecule has 0 fully saturated rings. The molecule has 5 nitrogen and oxygen atoms in total. The summed E-state index contributed by atoms with van der Waals surface area (Å²) >= 11 is 0. The van der Waals surface area contributed by atoms with Crippen LogP contribution in [-0.4, -0.2) is 57.3 Å². The van der Waals surface area contributed by atoms with Crippen molar-refractivity contribution in [2.24, 2.45) is 11.5 Å². The number of nitrogens with two attached hydrogens (primary N) is 2. The number of methoxy groups -OCH3 is 1. The fourth-order valence-electron chi connectivity index (χ4n) is 1.27. The molecule has 5 heteroatoms. The van der Waals surface area contributed by atoms with Gasteiger partial charge in [-0.05, 0) is 0 Å². The molecule has 0 radical (unpaired) electrons. The molecule has 0 aromatic rings. The van der Waals surface area contributed by atoms with Gasteiger partial charge in [0, 0.05) is 13.1 Å². The molecule has 0 aliphatic carbocycles. The molecule has 0 heterocycles. The van der Waals surface area contributed by atoms with E-state index in [1.165, 1.54) is 7.11 Å². The summed E-state index contributed by atoms with van der Waals surface area (Å²) in [6.45, 7) is 2.92. The van der Waals surface area contributed by atoms with Gasteiger partial charge in [-0.2, -0.15) is 0 Å². The van der Waals surface area contributed by atoms with E-state index in [4.69, 9.17) is 11.5 Å². The van der Waals surface area contributed by atoms with E-state index < -0.39 is 0 Å². The molecule has 0 rings (SSSR count). The maximum absolute atomic E-state index is 11.1. The van der Waals surface area contributed by atoms with Gasteiger partial charge in [-0.25, -0.2) is 4.79 Å². The first-order chi connectivity index (χ1) is 6.08. The zero-order valence-electron chi connectivity index (χ0n) is 8.45. The van der Waals surface area contributed by atoms with Crippen molar-refractivity contribution < 1.29 is 14.0 Å². The van der Waals surface area contributed by atoms with Crippen molar-refractivity contribution in [3.63, 3.8) is 0 Å². The molecular weight excluding hydrogens is 170 g/mol. The summed E-state index contributed by atoms with van der Waals surface area (Å²) < 4.78 is 5.16. The van der Waals surface area contributed by atoms with Crippen molar-refractivity contribution in [3.8, 4) is 0 Å².